The molecule has 10 heavy (non-hydrogen) atoms. The number of halogens is 1. The van der Waals surface area contributed by atoms with Crippen molar-refractivity contribution in [3.63, 3.8) is 0 Å². The molecule has 3 nitrogen and oxygen atoms in total. The Hall–Kier alpha value is 0.260. The highest BCUT2D eigenvalue weighted by Crippen LogP contribution is 2.29. The SMILES string of the molecule is CCO[C@@H]1N=C(N)S[C@H]1Br. The highest BCUT2D eigenvalue weighted by molar-refractivity contribution is 9.11. The van der Waals surface area contributed by atoms with Gasteiger partial charge in [-0.15, -0.1) is 0 Å². The van der Waals surface area contributed by atoms with E-state index in [-0.39, 0.29) is 10.4 Å². The third-order valence-electron chi connectivity index (χ3n) is 1.05. The maximum atomic E-state index is 5.45. The zero-order chi connectivity index (χ0) is 7.56. The number of thioether (sulfide) groups is 1. The van der Waals surface area contributed by atoms with E-state index in [0.29, 0.717) is 11.8 Å². The van der Waals surface area contributed by atoms with Gasteiger partial charge in [-0.1, -0.05) is 27.7 Å². The highest BCUT2D eigenvalue weighted by Gasteiger charge is 2.26. The van der Waals surface area contributed by atoms with Crippen LogP contribution in [0.3, 0.4) is 0 Å². The molecule has 0 unspecified atom stereocenters. The van der Waals surface area contributed by atoms with Crippen molar-refractivity contribution in [1.29, 1.82) is 0 Å². The number of nitrogens with zero attached hydrogens (tertiary/aromatic N) is 1. The molecule has 0 amide bonds. The second-order valence-electron chi connectivity index (χ2n) is 1.78. The van der Waals surface area contributed by atoms with E-state index in [1.165, 1.54) is 11.8 Å². The van der Waals surface area contributed by atoms with Gasteiger partial charge in [0.05, 0.1) is 0 Å². The van der Waals surface area contributed by atoms with Gasteiger partial charge in [0.2, 0.25) is 0 Å². The zero-order valence-corrected chi connectivity index (χ0v) is 7.98. The third kappa shape index (κ3) is 1.87. The number of rotatable bonds is 2. The maximum Gasteiger partial charge on any atom is 0.173 e. The van der Waals surface area contributed by atoms with Crippen molar-refractivity contribution in [2.75, 3.05) is 6.61 Å². The molecule has 0 aliphatic carbocycles. The molecule has 0 spiro atoms. The lowest BCUT2D eigenvalue weighted by Gasteiger charge is -2.08. The Morgan fingerprint density at radius 1 is 1.90 bits per heavy atom. The van der Waals surface area contributed by atoms with Crippen LogP contribution in [0.5, 0.6) is 0 Å². The molecule has 1 rings (SSSR count). The molecule has 0 fully saturated rings. The summed E-state index contributed by atoms with van der Waals surface area (Å²) in [6.45, 7) is 2.61. The minimum absolute atomic E-state index is 0.102. The lowest BCUT2D eigenvalue weighted by molar-refractivity contribution is 0.0841. The quantitative estimate of drug-likeness (QED) is 0.716. The first-order chi connectivity index (χ1) is 4.74. The fraction of sp³-hybridized carbons (Fsp3) is 0.800. The number of hydrogen-bond donors (Lipinski definition) is 1. The summed E-state index contributed by atoms with van der Waals surface area (Å²) < 4.78 is 5.44. The van der Waals surface area contributed by atoms with Crippen molar-refractivity contribution >= 4 is 32.9 Å². The number of aliphatic imine (C=N–C) groups is 1. The first kappa shape index (κ1) is 8.36. The Balaban J connectivity index is 2.44. The first-order valence-electron chi connectivity index (χ1n) is 2.99. The lowest BCUT2D eigenvalue weighted by atomic mass is 10.6. The van der Waals surface area contributed by atoms with E-state index >= 15 is 0 Å². The molecular formula is C5H9BrN2OS. The Morgan fingerprint density at radius 3 is 3.00 bits per heavy atom. The van der Waals surface area contributed by atoms with Crippen LogP contribution >= 0.6 is 27.7 Å². The van der Waals surface area contributed by atoms with Crippen molar-refractivity contribution < 1.29 is 4.74 Å². The van der Waals surface area contributed by atoms with Gasteiger partial charge in [0.1, 0.15) is 4.16 Å². The van der Waals surface area contributed by atoms with Crippen LogP contribution in [0.25, 0.3) is 0 Å². The van der Waals surface area contributed by atoms with Crippen molar-refractivity contribution in [2.24, 2.45) is 10.7 Å². The molecule has 1 aliphatic heterocycles. The Kier molecular flexibility index (Phi) is 3.00. The van der Waals surface area contributed by atoms with E-state index in [9.17, 15) is 0 Å². The topological polar surface area (TPSA) is 47.6 Å². The summed E-state index contributed by atoms with van der Waals surface area (Å²) in [5.41, 5.74) is 5.45. The standard InChI is InChI=1S/C5H9BrN2OS/c1-2-9-4-3(6)10-5(7)8-4/h3-4H,2H2,1H3,(H2,7,8)/t3-,4+/m1/s1. The summed E-state index contributed by atoms with van der Waals surface area (Å²) >= 11 is 4.88. The molecule has 2 N–H and O–H groups in total. The van der Waals surface area contributed by atoms with E-state index in [0.717, 1.165) is 0 Å². The molecule has 5 heteroatoms. The molecule has 1 heterocycles. The summed E-state index contributed by atoms with van der Waals surface area (Å²) in [7, 11) is 0. The van der Waals surface area contributed by atoms with Crippen LogP contribution in [0.4, 0.5) is 0 Å². The van der Waals surface area contributed by atoms with Gasteiger partial charge in [-0.05, 0) is 6.92 Å². The van der Waals surface area contributed by atoms with E-state index in [1.54, 1.807) is 0 Å². The van der Waals surface area contributed by atoms with E-state index in [4.69, 9.17) is 10.5 Å². The lowest BCUT2D eigenvalue weighted by Crippen LogP contribution is -2.14. The zero-order valence-electron chi connectivity index (χ0n) is 5.58. The number of nitrogens with two attached hydrogens (primary N) is 1. The van der Waals surface area contributed by atoms with Crippen molar-refractivity contribution in [3.05, 3.63) is 0 Å². The van der Waals surface area contributed by atoms with Crippen LogP contribution in [-0.2, 0) is 4.74 Å². The molecule has 1 aliphatic rings. The molecule has 58 valence electrons. The van der Waals surface area contributed by atoms with Crippen molar-refractivity contribution in [2.45, 2.75) is 17.3 Å². The smallest absolute Gasteiger partial charge is 0.173 e. The van der Waals surface area contributed by atoms with Gasteiger partial charge in [-0.2, -0.15) is 0 Å². The second kappa shape index (κ2) is 3.59. The summed E-state index contributed by atoms with van der Waals surface area (Å²) in [5, 5.41) is 0.598. The molecule has 2 atom stereocenters. The number of hydrogen-bond acceptors (Lipinski definition) is 4. The predicted octanol–water partition coefficient (Wildman–Crippen LogP) is 1.13. The van der Waals surface area contributed by atoms with Crippen LogP contribution in [0.2, 0.25) is 0 Å². The number of ether oxygens (including phenoxy) is 1. The summed E-state index contributed by atoms with van der Waals surface area (Å²) in [4.78, 5) is 4.05. The fourth-order valence-corrected chi connectivity index (χ4v) is 2.17. The van der Waals surface area contributed by atoms with E-state index < -0.39 is 0 Å². The second-order valence-corrected chi connectivity index (χ2v) is 4.54. The minimum Gasteiger partial charge on any atom is -0.378 e. The van der Waals surface area contributed by atoms with Crippen molar-refractivity contribution in [3.8, 4) is 0 Å². The Morgan fingerprint density at radius 2 is 2.60 bits per heavy atom. The first-order valence-corrected chi connectivity index (χ1v) is 4.79. The number of amidine groups is 1. The van der Waals surface area contributed by atoms with Crippen LogP contribution in [0.15, 0.2) is 4.99 Å². The fourth-order valence-electron chi connectivity index (χ4n) is 0.672. The molecule has 0 saturated carbocycles. The van der Waals surface area contributed by atoms with Gasteiger partial charge < -0.3 is 10.5 Å². The minimum atomic E-state index is -0.102. The van der Waals surface area contributed by atoms with Crippen LogP contribution in [0.1, 0.15) is 6.92 Å². The molecule has 0 aromatic carbocycles. The average Bonchev–Trinajstić information content (AvgIpc) is 2.13. The van der Waals surface area contributed by atoms with E-state index in [2.05, 4.69) is 20.9 Å². The third-order valence-corrected chi connectivity index (χ3v) is 2.87. The largest absolute Gasteiger partial charge is 0.378 e. The van der Waals surface area contributed by atoms with Gasteiger partial charge in [0, 0.05) is 6.61 Å². The van der Waals surface area contributed by atoms with Crippen molar-refractivity contribution in [1.82, 2.24) is 0 Å². The Labute approximate surface area is 72.5 Å². The molecule has 0 saturated heterocycles. The van der Waals surface area contributed by atoms with Crippen LogP contribution < -0.4 is 5.73 Å². The number of alkyl halides is 1. The van der Waals surface area contributed by atoms with Gasteiger partial charge in [0.15, 0.2) is 11.4 Å². The van der Waals surface area contributed by atoms with Gasteiger partial charge >= 0.3 is 0 Å². The van der Waals surface area contributed by atoms with Gasteiger partial charge in [-0.3, -0.25) is 0 Å². The predicted molar refractivity (Wildman–Crippen MR) is 47.3 cm³/mol. The molecule has 0 bridgehead atoms. The normalized spacial score (nSPS) is 32.4. The molecule has 0 aromatic heterocycles. The summed E-state index contributed by atoms with van der Waals surface area (Å²) in [6.07, 6.45) is -0.102. The molecular weight excluding hydrogens is 216 g/mol. The summed E-state index contributed by atoms with van der Waals surface area (Å²) in [6, 6.07) is 0. The van der Waals surface area contributed by atoms with Crippen LogP contribution in [-0.4, -0.2) is 22.2 Å². The van der Waals surface area contributed by atoms with Crippen LogP contribution in [0, 0.1) is 0 Å². The molecule has 0 radical (unpaired) electrons. The maximum absolute atomic E-state index is 5.45. The summed E-state index contributed by atoms with van der Waals surface area (Å²) in [5.74, 6) is 0. The molecule has 0 aromatic rings. The van der Waals surface area contributed by atoms with Gasteiger partial charge in [0.25, 0.3) is 0 Å². The highest BCUT2D eigenvalue weighted by atomic mass is 79.9. The van der Waals surface area contributed by atoms with E-state index in [1.807, 2.05) is 6.92 Å². The average molecular weight is 225 g/mol. The monoisotopic (exact) mass is 224 g/mol. The van der Waals surface area contributed by atoms with Gasteiger partial charge in [-0.25, -0.2) is 4.99 Å². The Bertz CT molecular complexity index is 153.